The first-order chi connectivity index (χ1) is 5.81. The molecule has 12 heavy (non-hydrogen) atoms. The van der Waals surface area contributed by atoms with Gasteiger partial charge >= 0.3 is 0 Å². The third kappa shape index (κ3) is 7.77. The Labute approximate surface area is 76.6 Å². The molecule has 0 saturated carbocycles. The van der Waals surface area contributed by atoms with Crippen LogP contribution in [-0.2, 0) is 4.79 Å². The highest BCUT2D eigenvalue weighted by Crippen LogP contribution is 2.10. The summed E-state index contributed by atoms with van der Waals surface area (Å²) in [5.41, 5.74) is 0. The molecule has 0 saturated heterocycles. The summed E-state index contributed by atoms with van der Waals surface area (Å²) in [6.07, 6.45) is 10.9. The second-order valence-corrected chi connectivity index (χ2v) is 3.58. The Hall–Kier alpha value is -0.330. The maximum Gasteiger partial charge on any atom is 0.201 e. The third-order valence-corrected chi connectivity index (χ3v) is 2.19. The molecule has 0 bridgehead atoms. The number of carbonyl (C=O) groups excluding carboxylic acids is 1. The van der Waals surface area contributed by atoms with Crippen molar-refractivity contribution in [3.63, 3.8) is 0 Å². The molecule has 0 amide bonds. The fourth-order valence-electron chi connectivity index (χ4n) is 1.29. The van der Waals surface area contributed by atoms with Crippen molar-refractivity contribution in [3.8, 4) is 0 Å². The van der Waals surface area contributed by atoms with E-state index in [1.54, 1.807) is 0 Å². The van der Waals surface area contributed by atoms with Gasteiger partial charge in [-0.1, -0.05) is 52.4 Å². The predicted molar refractivity (Wildman–Crippen MR) is 52.9 cm³/mol. The van der Waals surface area contributed by atoms with Crippen molar-refractivity contribution in [2.75, 3.05) is 0 Å². The zero-order chi connectivity index (χ0) is 9.23. The van der Waals surface area contributed by atoms with Gasteiger partial charge < -0.3 is 0 Å². The van der Waals surface area contributed by atoms with E-state index in [1.807, 2.05) is 13.2 Å². The molecule has 1 atom stereocenters. The Kier molecular flexibility index (Phi) is 8.52. The summed E-state index contributed by atoms with van der Waals surface area (Å²) < 4.78 is 0. The molecule has 0 aromatic rings. The minimum absolute atomic E-state index is 0.149. The lowest BCUT2D eigenvalue weighted by Crippen LogP contribution is -1.94. The summed E-state index contributed by atoms with van der Waals surface area (Å²) in [5.74, 6) is 0.149. The molecule has 0 aromatic heterocycles. The molecule has 0 N–H and O–H groups in total. The van der Waals surface area contributed by atoms with Crippen molar-refractivity contribution in [1.29, 1.82) is 0 Å². The fraction of sp³-hybridized carbons (Fsp3) is 0.909. The van der Waals surface area contributed by atoms with Crippen LogP contribution in [-0.4, -0.2) is 6.29 Å². The topological polar surface area (TPSA) is 17.1 Å². The summed E-state index contributed by atoms with van der Waals surface area (Å²) >= 11 is 0. The Morgan fingerprint density at radius 1 is 1.08 bits per heavy atom. The van der Waals surface area contributed by atoms with Gasteiger partial charge in [0.05, 0.1) is 0 Å². The highest BCUT2D eigenvalue weighted by Gasteiger charge is 1.99. The van der Waals surface area contributed by atoms with Crippen LogP contribution in [0.5, 0.6) is 0 Å². The molecule has 0 fully saturated rings. The smallest absolute Gasteiger partial charge is 0.201 e. The van der Waals surface area contributed by atoms with Crippen molar-refractivity contribution in [3.05, 3.63) is 0 Å². The van der Waals surface area contributed by atoms with Gasteiger partial charge in [-0.2, -0.15) is 0 Å². The minimum Gasteiger partial charge on any atom is -0.291 e. The van der Waals surface area contributed by atoms with Gasteiger partial charge in [0.2, 0.25) is 6.29 Å². The quantitative estimate of drug-likeness (QED) is 0.508. The Balaban J connectivity index is 2.95. The first kappa shape index (κ1) is 11.7. The molecule has 0 aliphatic carbocycles. The third-order valence-electron chi connectivity index (χ3n) is 2.19. The largest absolute Gasteiger partial charge is 0.291 e. The van der Waals surface area contributed by atoms with Crippen LogP contribution in [0, 0.1) is 5.92 Å². The van der Waals surface area contributed by atoms with Crippen LogP contribution in [0.15, 0.2) is 0 Å². The second kappa shape index (κ2) is 8.76. The van der Waals surface area contributed by atoms with Gasteiger partial charge in [-0.05, 0) is 6.42 Å². The van der Waals surface area contributed by atoms with Gasteiger partial charge in [0.25, 0.3) is 0 Å². The van der Waals surface area contributed by atoms with Gasteiger partial charge in [0.15, 0.2) is 0 Å². The molecule has 1 unspecified atom stereocenters. The lowest BCUT2D eigenvalue weighted by Gasteiger charge is -2.01. The molecule has 0 heterocycles. The monoisotopic (exact) mass is 169 g/mol. The lowest BCUT2D eigenvalue weighted by atomic mass is 10.0. The number of unbranched alkanes of at least 4 members (excludes halogenated alkanes) is 5. The van der Waals surface area contributed by atoms with E-state index in [-0.39, 0.29) is 5.92 Å². The SMILES string of the molecule is CCCCCCCCC(C)[C]=O. The molecule has 1 heteroatoms. The zero-order valence-electron chi connectivity index (χ0n) is 8.44. The van der Waals surface area contributed by atoms with E-state index in [0.29, 0.717) is 0 Å². The zero-order valence-corrected chi connectivity index (χ0v) is 8.44. The Bertz CT molecular complexity index is 99.2. The van der Waals surface area contributed by atoms with E-state index in [1.165, 1.54) is 38.5 Å². The molecule has 1 radical (unpaired) electrons. The molecule has 1 nitrogen and oxygen atoms in total. The first-order valence-electron chi connectivity index (χ1n) is 5.19. The molecular formula is C11H21O. The maximum absolute atomic E-state index is 10.1. The van der Waals surface area contributed by atoms with Crippen molar-refractivity contribution in [2.24, 2.45) is 5.92 Å². The summed E-state index contributed by atoms with van der Waals surface area (Å²) in [6.45, 7) is 4.17. The second-order valence-electron chi connectivity index (χ2n) is 3.58. The van der Waals surface area contributed by atoms with Crippen molar-refractivity contribution >= 4 is 6.29 Å². The maximum atomic E-state index is 10.1. The van der Waals surface area contributed by atoms with Crippen LogP contribution < -0.4 is 0 Å². The number of hydrogen-bond acceptors (Lipinski definition) is 1. The van der Waals surface area contributed by atoms with E-state index in [0.717, 1.165) is 6.42 Å². The standard InChI is InChI=1S/C11H21O/c1-3-4-5-6-7-8-9-11(2)10-12/h11H,3-9H2,1-2H3. The highest BCUT2D eigenvalue weighted by molar-refractivity contribution is 5.53. The van der Waals surface area contributed by atoms with E-state index in [2.05, 4.69) is 6.92 Å². The Morgan fingerprint density at radius 3 is 2.25 bits per heavy atom. The molecule has 0 aromatic carbocycles. The molecule has 0 rings (SSSR count). The number of hydrogen-bond donors (Lipinski definition) is 0. The van der Waals surface area contributed by atoms with E-state index in [4.69, 9.17) is 0 Å². The predicted octanol–water partition coefficient (Wildman–Crippen LogP) is 3.48. The van der Waals surface area contributed by atoms with Crippen LogP contribution >= 0.6 is 0 Å². The Morgan fingerprint density at radius 2 is 1.67 bits per heavy atom. The summed E-state index contributed by atoms with van der Waals surface area (Å²) in [7, 11) is 0. The van der Waals surface area contributed by atoms with Crippen molar-refractivity contribution < 1.29 is 4.79 Å². The number of rotatable bonds is 8. The highest BCUT2D eigenvalue weighted by atomic mass is 16.1. The van der Waals surface area contributed by atoms with Crippen molar-refractivity contribution in [2.45, 2.75) is 58.8 Å². The fourth-order valence-corrected chi connectivity index (χ4v) is 1.29. The summed E-state index contributed by atoms with van der Waals surface area (Å²) in [4.78, 5) is 10.1. The minimum atomic E-state index is 0.149. The van der Waals surface area contributed by atoms with E-state index < -0.39 is 0 Å². The molecule has 0 aliphatic heterocycles. The van der Waals surface area contributed by atoms with Crippen LogP contribution in [0.2, 0.25) is 0 Å². The van der Waals surface area contributed by atoms with Gasteiger partial charge in [0.1, 0.15) is 0 Å². The lowest BCUT2D eigenvalue weighted by molar-refractivity contribution is 0.501. The average Bonchev–Trinajstić information content (AvgIpc) is 2.10. The van der Waals surface area contributed by atoms with E-state index >= 15 is 0 Å². The van der Waals surface area contributed by atoms with Crippen LogP contribution in [0.1, 0.15) is 58.8 Å². The van der Waals surface area contributed by atoms with Crippen LogP contribution in [0.3, 0.4) is 0 Å². The average molecular weight is 169 g/mol. The molecule has 0 spiro atoms. The first-order valence-corrected chi connectivity index (χ1v) is 5.19. The van der Waals surface area contributed by atoms with Gasteiger partial charge in [-0.25, -0.2) is 0 Å². The molecule has 0 aliphatic rings. The van der Waals surface area contributed by atoms with Gasteiger partial charge in [-0.15, -0.1) is 0 Å². The van der Waals surface area contributed by atoms with Gasteiger partial charge in [-0.3, -0.25) is 4.79 Å². The van der Waals surface area contributed by atoms with E-state index in [9.17, 15) is 4.79 Å². The molecule has 71 valence electrons. The van der Waals surface area contributed by atoms with Gasteiger partial charge in [0, 0.05) is 5.92 Å². The van der Waals surface area contributed by atoms with Crippen LogP contribution in [0.25, 0.3) is 0 Å². The summed E-state index contributed by atoms with van der Waals surface area (Å²) in [6, 6.07) is 0. The van der Waals surface area contributed by atoms with Crippen LogP contribution in [0.4, 0.5) is 0 Å². The normalized spacial score (nSPS) is 12.8. The van der Waals surface area contributed by atoms with Crippen molar-refractivity contribution in [1.82, 2.24) is 0 Å². The molecular weight excluding hydrogens is 148 g/mol. The summed E-state index contributed by atoms with van der Waals surface area (Å²) in [5, 5.41) is 0.